The van der Waals surface area contributed by atoms with E-state index in [2.05, 4.69) is 10.5 Å². The summed E-state index contributed by atoms with van der Waals surface area (Å²) < 4.78 is 0. The second-order valence-corrected chi connectivity index (χ2v) is 4.69. The van der Waals surface area contributed by atoms with Gasteiger partial charge in [-0.3, -0.25) is 4.79 Å². The van der Waals surface area contributed by atoms with Gasteiger partial charge in [0.15, 0.2) is 0 Å². The van der Waals surface area contributed by atoms with Gasteiger partial charge in [-0.1, -0.05) is 25.0 Å². The molecule has 0 heterocycles. The summed E-state index contributed by atoms with van der Waals surface area (Å²) in [6, 6.07) is 6.45. The van der Waals surface area contributed by atoms with E-state index in [0.29, 0.717) is 5.92 Å². The Balaban J connectivity index is 1.99. The minimum absolute atomic E-state index is 0.0243. The maximum absolute atomic E-state index is 11.8. The second kappa shape index (κ2) is 5.67. The lowest BCUT2D eigenvalue weighted by Gasteiger charge is -2.08. The molecular weight excluding hydrogens is 228 g/mol. The molecule has 4 heteroatoms. The number of hydrazone groups is 1. The highest BCUT2D eigenvalue weighted by atomic mass is 16.3. The fourth-order valence-corrected chi connectivity index (χ4v) is 2.30. The van der Waals surface area contributed by atoms with Crippen LogP contribution in [0.15, 0.2) is 29.4 Å². The van der Waals surface area contributed by atoms with Gasteiger partial charge < -0.3 is 5.11 Å². The minimum atomic E-state index is -0.370. The number of carbonyl (C=O) groups is 1. The molecule has 0 unspecified atom stereocenters. The Labute approximate surface area is 107 Å². The zero-order chi connectivity index (χ0) is 13.0. The molecule has 0 bridgehead atoms. The van der Waals surface area contributed by atoms with E-state index in [1.165, 1.54) is 18.9 Å². The molecule has 4 nitrogen and oxygen atoms in total. The summed E-state index contributed by atoms with van der Waals surface area (Å²) in [6.07, 6.45) is 4.79. The number of benzene rings is 1. The number of hydrogen-bond donors (Lipinski definition) is 2. The highest BCUT2D eigenvalue weighted by Gasteiger charge is 2.18. The van der Waals surface area contributed by atoms with Crippen LogP contribution >= 0.6 is 0 Å². The van der Waals surface area contributed by atoms with Gasteiger partial charge in [-0.15, -0.1) is 0 Å². The molecule has 0 spiro atoms. The van der Waals surface area contributed by atoms with E-state index < -0.39 is 0 Å². The van der Waals surface area contributed by atoms with Gasteiger partial charge in [0.05, 0.1) is 5.56 Å². The smallest absolute Gasteiger partial charge is 0.275 e. The predicted octanol–water partition coefficient (Wildman–Crippen LogP) is 2.69. The first-order chi connectivity index (χ1) is 8.68. The van der Waals surface area contributed by atoms with E-state index in [9.17, 15) is 9.90 Å². The number of phenolic OH excluding ortho intramolecular Hbond substituents is 1. The predicted molar refractivity (Wildman–Crippen MR) is 70.6 cm³/mol. The second-order valence-electron chi connectivity index (χ2n) is 4.69. The Morgan fingerprint density at radius 3 is 2.67 bits per heavy atom. The first-order valence-electron chi connectivity index (χ1n) is 6.31. The van der Waals surface area contributed by atoms with Crippen molar-refractivity contribution in [2.75, 3.05) is 0 Å². The quantitative estimate of drug-likeness (QED) is 0.636. The third kappa shape index (κ3) is 2.88. The van der Waals surface area contributed by atoms with E-state index in [-0.39, 0.29) is 17.2 Å². The number of hydrogen-bond acceptors (Lipinski definition) is 3. The Morgan fingerprint density at radius 1 is 1.33 bits per heavy atom. The fourth-order valence-electron chi connectivity index (χ4n) is 2.30. The van der Waals surface area contributed by atoms with Crippen molar-refractivity contribution < 1.29 is 9.90 Å². The van der Waals surface area contributed by atoms with Gasteiger partial charge in [-0.05, 0) is 37.8 Å². The molecule has 2 N–H and O–H groups in total. The maximum Gasteiger partial charge on any atom is 0.275 e. The molecule has 1 aromatic rings. The van der Waals surface area contributed by atoms with Crippen molar-refractivity contribution in [2.24, 2.45) is 11.0 Å². The summed E-state index contributed by atoms with van der Waals surface area (Å²) in [6.45, 7) is 1.95. The standard InChI is InChI=1S/C14H18N2O2/c1-10(11-6-2-3-7-11)15-16-14(18)12-8-4-5-9-13(12)17/h4-5,8-9,11,17H,2-3,6-7H2,1H3,(H,16,18). The van der Waals surface area contributed by atoms with E-state index in [1.54, 1.807) is 18.2 Å². The van der Waals surface area contributed by atoms with Gasteiger partial charge in [0.25, 0.3) is 5.91 Å². The van der Waals surface area contributed by atoms with Crippen LogP contribution in [0.4, 0.5) is 0 Å². The molecule has 1 aromatic carbocycles. The van der Waals surface area contributed by atoms with Crippen molar-refractivity contribution in [1.82, 2.24) is 5.43 Å². The lowest BCUT2D eigenvalue weighted by Crippen LogP contribution is -2.21. The van der Waals surface area contributed by atoms with Crippen LogP contribution in [0.25, 0.3) is 0 Å². The lowest BCUT2D eigenvalue weighted by atomic mass is 10.0. The molecule has 1 saturated carbocycles. The summed E-state index contributed by atoms with van der Waals surface area (Å²) in [4.78, 5) is 11.8. The first kappa shape index (κ1) is 12.6. The topological polar surface area (TPSA) is 61.7 Å². The van der Waals surface area contributed by atoms with Crippen LogP contribution in [-0.4, -0.2) is 16.7 Å². The molecule has 0 aromatic heterocycles. The normalized spacial score (nSPS) is 16.8. The molecule has 0 saturated heterocycles. The summed E-state index contributed by atoms with van der Waals surface area (Å²) in [5, 5.41) is 13.7. The monoisotopic (exact) mass is 246 g/mol. The largest absolute Gasteiger partial charge is 0.507 e. The number of rotatable bonds is 3. The Morgan fingerprint density at radius 2 is 2.00 bits per heavy atom. The number of aromatic hydroxyl groups is 1. The van der Waals surface area contributed by atoms with Gasteiger partial charge in [-0.25, -0.2) is 5.43 Å². The Hall–Kier alpha value is -1.84. The van der Waals surface area contributed by atoms with Crippen LogP contribution in [0, 0.1) is 5.92 Å². The molecule has 0 atom stereocenters. The first-order valence-corrected chi connectivity index (χ1v) is 6.31. The fraction of sp³-hybridized carbons (Fsp3) is 0.429. The average Bonchev–Trinajstić information content (AvgIpc) is 2.90. The lowest BCUT2D eigenvalue weighted by molar-refractivity contribution is 0.0952. The van der Waals surface area contributed by atoms with Gasteiger partial charge in [0.2, 0.25) is 0 Å². The third-order valence-electron chi connectivity index (χ3n) is 3.43. The van der Waals surface area contributed by atoms with Crippen LogP contribution in [0.2, 0.25) is 0 Å². The molecule has 1 fully saturated rings. The average molecular weight is 246 g/mol. The molecule has 1 aliphatic rings. The number of para-hydroxylation sites is 1. The maximum atomic E-state index is 11.8. The number of amides is 1. The van der Waals surface area contributed by atoms with E-state index in [1.807, 2.05) is 6.92 Å². The zero-order valence-corrected chi connectivity index (χ0v) is 10.5. The van der Waals surface area contributed by atoms with Crippen molar-refractivity contribution in [3.05, 3.63) is 29.8 Å². The van der Waals surface area contributed by atoms with Crippen LogP contribution in [0.5, 0.6) is 5.75 Å². The van der Waals surface area contributed by atoms with E-state index in [0.717, 1.165) is 18.6 Å². The summed E-state index contributed by atoms with van der Waals surface area (Å²) >= 11 is 0. The van der Waals surface area contributed by atoms with Crippen LogP contribution in [0.3, 0.4) is 0 Å². The van der Waals surface area contributed by atoms with Crippen molar-refractivity contribution in [1.29, 1.82) is 0 Å². The molecule has 2 rings (SSSR count). The van der Waals surface area contributed by atoms with Crippen LogP contribution in [-0.2, 0) is 0 Å². The van der Waals surface area contributed by atoms with Gasteiger partial charge >= 0.3 is 0 Å². The highest BCUT2D eigenvalue weighted by molar-refractivity contribution is 5.97. The Kier molecular flexibility index (Phi) is 3.97. The van der Waals surface area contributed by atoms with Gasteiger partial charge in [0, 0.05) is 5.71 Å². The molecule has 96 valence electrons. The summed E-state index contributed by atoms with van der Waals surface area (Å²) in [7, 11) is 0. The molecular formula is C14H18N2O2. The number of nitrogens with zero attached hydrogens (tertiary/aromatic N) is 1. The van der Waals surface area contributed by atoms with E-state index >= 15 is 0 Å². The highest BCUT2D eigenvalue weighted by Crippen LogP contribution is 2.25. The van der Waals surface area contributed by atoms with Crippen LogP contribution < -0.4 is 5.43 Å². The van der Waals surface area contributed by atoms with Gasteiger partial charge in [-0.2, -0.15) is 5.10 Å². The number of carbonyl (C=O) groups excluding carboxylic acids is 1. The van der Waals surface area contributed by atoms with E-state index in [4.69, 9.17) is 0 Å². The van der Waals surface area contributed by atoms with Crippen molar-refractivity contribution in [3.8, 4) is 5.75 Å². The minimum Gasteiger partial charge on any atom is -0.507 e. The zero-order valence-electron chi connectivity index (χ0n) is 10.5. The molecule has 18 heavy (non-hydrogen) atoms. The number of phenols is 1. The Bertz CT molecular complexity index is 463. The SMILES string of the molecule is CC(=NNC(=O)c1ccccc1O)C1CCCC1. The van der Waals surface area contributed by atoms with Crippen molar-refractivity contribution >= 4 is 11.6 Å². The molecule has 0 aliphatic heterocycles. The van der Waals surface area contributed by atoms with Crippen molar-refractivity contribution in [2.45, 2.75) is 32.6 Å². The molecule has 0 radical (unpaired) electrons. The van der Waals surface area contributed by atoms with Crippen molar-refractivity contribution in [3.63, 3.8) is 0 Å². The molecule has 1 amide bonds. The summed E-state index contributed by atoms with van der Waals surface area (Å²) in [5.74, 6) is 0.101. The number of nitrogens with one attached hydrogen (secondary N) is 1. The van der Waals surface area contributed by atoms with Crippen LogP contribution in [0.1, 0.15) is 43.0 Å². The molecule has 1 aliphatic carbocycles. The van der Waals surface area contributed by atoms with Gasteiger partial charge in [0.1, 0.15) is 5.75 Å². The third-order valence-corrected chi connectivity index (χ3v) is 3.43. The summed E-state index contributed by atoms with van der Waals surface area (Å²) in [5.41, 5.74) is 3.72.